The van der Waals surface area contributed by atoms with Gasteiger partial charge in [0.15, 0.2) is 11.3 Å². The highest BCUT2D eigenvalue weighted by Crippen LogP contribution is 2.35. The molecule has 0 atom stereocenters. The van der Waals surface area contributed by atoms with Crippen LogP contribution in [-0.2, 0) is 5.41 Å². The van der Waals surface area contributed by atoms with Gasteiger partial charge in [-0.05, 0) is 61.6 Å². The number of rotatable bonds is 12. The van der Waals surface area contributed by atoms with Crippen LogP contribution in [0.5, 0.6) is 0 Å². The van der Waals surface area contributed by atoms with Crippen LogP contribution in [0.3, 0.4) is 0 Å². The first-order chi connectivity index (χ1) is 24.8. The second kappa shape index (κ2) is 27.6. The lowest BCUT2D eigenvalue weighted by molar-refractivity contribution is 0.0913. The zero-order chi connectivity index (χ0) is 41.4. The Morgan fingerprint density at radius 3 is 1.94 bits per heavy atom. The number of unbranched alkanes of at least 4 members (excludes halogenated alkanes) is 2. The molecule has 53 heavy (non-hydrogen) atoms. The molecule has 0 radical (unpaired) electrons. The largest absolute Gasteiger partial charge is 0.451 e. The van der Waals surface area contributed by atoms with Crippen LogP contribution >= 0.6 is 11.6 Å². The summed E-state index contributed by atoms with van der Waals surface area (Å²) in [5.41, 5.74) is 6.34. The van der Waals surface area contributed by atoms with Crippen molar-refractivity contribution in [3.63, 3.8) is 0 Å². The highest BCUT2D eigenvalue weighted by molar-refractivity contribution is 6.30. The topological polar surface area (TPSA) is 43.1 Å². The van der Waals surface area contributed by atoms with E-state index in [0.29, 0.717) is 33.5 Å². The molecule has 0 amide bonds. The minimum atomic E-state index is -0.494. The zero-order valence-corrected chi connectivity index (χ0v) is 37.5. The van der Waals surface area contributed by atoms with Gasteiger partial charge < -0.3 is 4.42 Å². The third-order valence-corrected chi connectivity index (χ3v) is 8.28. The number of fused-ring (bicyclic) bond motifs is 1. The van der Waals surface area contributed by atoms with Gasteiger partial charge in [0.2, 0.25) is 5.78 Å². The number of pyridine rings is 1. The highest BCUT2D eigenvalue weighted by atomic mass is 35.5. The Hall–Kier alpha value is -2.98. The van der Waals surface area contributed by atoms with Gasteiger partial charge in [-0.1, -0.05) is 190 Å². The first-order valence-corrected chi connectivity index (χ1v) is 20.6. The Kier molecular flexibility index (Phi) is 27.1. The Bertz CT molecular complexity index is 1530. The van der Waals surface area contributed by atoms with E-state index in [1.54, 1.807) is 12.1 Å². The van der Waals surface area contributed by atoms with Crippen molar-refractivity contribution >= 4 is 28.5 Å². The second-order valence-electron chi connectivity index (χ2n) is 16.0. The fourth-order valence-electron chi connectivity index (χ4n) is 4.85. The molecule has 0 unspecified atom stereocenters. The number of Topliss-reactive ketones (excluding diaryl/α,β-unsaturated/α-hetero) is 1. The number of hydrogen-bond donors (Lipinski definition) is 0. The van der Waals surface area contributed by atoms with Gasteiger partial charge in [-0.2, -0.15) is 0 Å². The number of aromatic nitrogens is 1. The number of carbonyl (C=O) groups excluding carboxylic acids is 1. The summed E-state index contributed by atoms with van der Waals surface area (Å²) in [6.07, 6.45) is 17.8. The van der Waals surface area contributed by atoms with Gasteiger partial charge in [0, 0.05) is 23.1 Å². The van der Waals surface area contributed by atoms with Crippen LogP contribution in [-0.4, -0.2) is 10.8 Å². The number of nitrogens with zero attached hydrogens (tertiary/aromatic N) is 1. The number of allylic oxidation sites excluding steroid dienone is 5. The van der Waals surface area contributed by atoms with Crippen molar-refractivity contribution in [3.8, 4) is 11.3 Å². The van der Waals surface area contributed by atoms with E-state index in [1.165, 1.54) is 74.6 Å². The zero-order valence-electron chi connectivity index (χ0n) is 36.8. The SMILES string of the molecule is C=C(/C=C\C=C(\C)CCC)CCCC.CC.CC(C)C(=O)c1cc2nc(-c3ccc(Cl)c(F)c3)cc(C(C)(C)C)c2o1.CCCC.CCCC(C)(C)C. The van der Waals surface area contributed by atoms with Crippen molar-refractivity contribution in [1.29, 1.82) is 0 Å². The molecule has 0 spiro atoms. The van der Waals surface area contributed by atoms with Gasteiger partial charge in [-0.15, -0.1) is 0 Å². The van der Waals surface area contributed by atoms with Gasteiger partial charge in [-0.25, -0.2) is 9.37 Å². The molecule has 3 aromatic rings. The molecule has 2 aromatic heterocycles. The molecule has 0 saturated carbocycles. The molecule has 0 fully saturated rings. The van der Waals surface area contributed by atoms with Crippen LogP contribution in [0.15, 0.2) is 70.7 Å². The minimum Gasteiger partial charge on any atom is -0.451 e. The minimum absolute atomic E-state index is 0.0676. The third kappa shape index (κ3) is 22.1. The molecule has 0 aliphatic carbocycles. The smallest absolute Gasteiger partial charge is 0.200 e. The van der Waals surface area contributed by atoms with Crippen LogP contribution < -0.4 is 0 Å². The molecule has 0 N–H and O–H groups in total. The lowest BCUT2D eigenvalue weighted by Gasteiger charge is -2.20. The van der Waals surface area contributed by atoms with Crippen molar-refractivity contribution in [2.75, 3.05) is 0 Å². The Labute approximate surface area is 331 Å². The summed E-state index contributed by atoms with van der Waals surface area (Å²) in [5.74, 6) is -0.431. The third-order valence-electron chi connectivity index (χ3n) is 7.98. The highest BCUT2D eigenvalue weighted by Gasteiger charge is 2.25. The predicted octanol–water partition coefficient (Wildman–Crippen LogP) is 17.1. The molecule has 300 valence electrons. The monoisotopic (exact) mass is 754 g/mol. The first-order valence-electron chi connectivity index (χ1n) is 20.2. The van der Waals surface area contributed by atoms with Gasteiger partial charge in [0.05, 0.1) is 10.7 Å². The maximum atomic E-state index is 13.9. The fraction of sp³-hybridized carbons (Fsp3) is 0.583. The summed E-state index contributed by atoms with van der Waals surface area (Å²) in [6, 6.07) is 8.16. The first kappa shape index (κ1) is 52.1. The Balaban J connectivity index is 0. The van der Waals surface area contributed by atoms with Crippen molar-refractivity contribution < 1.29 is 13.6 Å². The molecule has 2 heterocycles. The molecule has 5 heteroatoms. The van der Waals surface area contributed by atoms with E-state index < -0.39 is 5.82 Å². The molecule has 3 nitrogen and oxygen atoms in total. The van der Waals surface area contributed by atoms with Crippen LogP contribution in [0.1, 0.15) is 185 Å². The van der Waals surface area contributed by atoms with E-state index in [0.717, 1.165) is 12.0 Å². The maximum Gasteiger partial charge on any atom is 0.200 e. The summed E-state index contributed by atoms with van der Waals surface area (Å²) in [6.45, 7) is 37.9. The summed E-state index contributed by atoms with van der Waals surface area (Å²) >= 11 is 5.79. The molecule has 0 bridgehead atoms. The quantitative estimate of drug-likeness (QED) is 0.137. The summed E-state index contributed by atoms with van der Waals surface area (Å²) in [4.78, 5) is 16.9. The lowest BCUT2D eigenvalue weighted by Crippen LogP contribution is -2.12. The average Bonchev–Trinajstić information content (AvgIpc) is 3.52. The summed E-state index contributed by atoms with van der Waals surface area (Å²) in [7, 11) is 0. The average molecular weight is 755 g/mol. The van der Waals surface area contributed by atoms with Crippen LogP contribution in [0.4, 0.5) is 4.39 Å². The summed E-state index contributed by atoms with van der Waals surface area (Å²) in [5, 5.41) is 0.0685. The second-order valence-corrected chi connectivity index (χ2v) is 16.4. The van der Waals surface area contributed by atoms with Gasteiger partial charge in [0.25, 0.3) is 0 Å². The molecular weight excluding hydrogens is 677 g/mol. The summed E-state index contributed by atoms with van der Waals surface area (Å²) < 4.78 is 19.8. The van der Waals surface area contributed by atoms with E-state index in [2.05, 4.69) is 113 Å². The van der Waals surface area contributed by atoms with Crippen molar-refractivity contribution in [2.45, 2.75) is 174 Å². The number of benzene rings is 1. The van der Waals surface area contributed by atoms with Crippen molar-refractivity contribution in [2.24, 2.45) is 11.3 Å². The standard InChI is InChI=1S/C21H21ClFNO2.C14H24.C7H16.C4H10.C2H6/c1-11(2)19(25)18-10-17-20(26-18)13(21(3,4)5)9-16(24-17)12-6-7-14(22)15(23)8-12;1-5-7-10-14(4)12-8-11-13(3)9-6-2;1-5-6-7(2,3)4;1-3-4-2;1-2/h6-11H,1-5H3;8,11-12H,4-7,9-10H2,1-3H3;5-6H2,1-4H3;3-4H2,1-2H3;1-2H3/b;12-8-,13-11-;;;. The van der Waals surface area contributed by atoms with Crippen LogP contribution in [0.2, 0.25) is 5.02 Å². The Morgan fingerprint density at radius 2 is 1.51 bits per heavy atom. The molecule has 1 aromatic carbocycles. The lowest BCUT2D eigenvalue weighted by atomic mass is 9.86. The van der Waals surface area contributed by atoms with E-state index in [1.807, 2.05) is 33.8 Å². The predicted molar refractivity (Wildman–Crippen MR) is 235 cm³/mol. The Morgan fingerprint density at radius 1 is 0.906 bits per heavy atom. The van der Waals surface area contributed by atoms with Gasteiger partial charge in [-0.3, -0.25) is 4.79 Å². The van der Waals surface area contributed by atoms with E-state index >= 15 is 0 Å². The molecular formula is C48H77ClFNO2. The number of hydrogen-bond acceptors (Lipinski definition) is 3. The van der Waals surface area contributed by atoms with Gasteiger partial charge in [0.1, 0.15) is 11.3 Å². The van der Waals surface area contributed by atoms with Crippen LogP contribution in [0, 0.1) is 17.2 Å². The molecule has 0 aliphatic heterocycles. The molecule has 0 aliphatic rings. The van der Waals surface area contributed by atoms with Crippen molar-refractivity contribution in [3.05, 3.63) is 88.4 Å². The number of halogens is 2. The normalized spacial score (nSPS) is 11.5. The molecule has 3 rings (SSSR count). The number of carbonyl (C=O) groups is 1. The maximum absolute atomic E-state index is 13.9. The number of ketones is 1. The van der Waals surface area contributed by atoms with Crippen LogP contribution in [0.25, 0.3) is 22.4 Å². The van der Waals surface area contributed by atoms with Gasteiger partial charge >= 0.3 is 0 Å². The van der Waals surface area contributed by atoms with E-state index in [4.69, 9.17) is 16.0 Å². The van der Waals surface area contributed by atoms with Crippen molar-refractivity contribution in [1.82, 2.24) is 4.98 Å². The van der Waals surface area contributed by atoms with E-state index in [9.17, 15) is 9.18 Å². The number of furan rings is 1. The molecule has 0 saturated heterocycles. The van der Waals surface area contributed by atoms with E-state index in [-0.39, 0.29) is 22.1 Å². The fourth-order valence-corrected chi connectivity index (χ4v) is 4.97.